The summed E-state index contributed by atoms with van der Waals surface area (Å²) in [5.41, 5.74) is 0.496. The van der Waals surface area contributed by atoms with Gasteiger partial charge in [0.1, 0.15) is 5.69 Å². The lowest BCUT2D eigenvalue weighted by Gasteiger charge is -2.33. The summed E-state index contributed by atoms with van der Waals surface area (Å²) in [6.45, 7) is 1.34. The summed E-state index contributed by atoms with van der Waals surface area (Å²) < 4.78 is 38.1. The minimum atomic E-state index is -4.28. The number of carbonyl (C=O) groups is 2. The molecule has 0 aromatic carbocycles. The van der Waals surface area contributed by atoms with Gasteiger partial charge in [0.05, 0.1) is 5.92 Å². The fourth-order valence-electron chi connectivity index (χ4n) is 2.32. The van der Waals surface area contributed by atoms with Crippen molar-refractivity contribution >= 4 is 11.7 Å². The molecular weight excluding hydrogens is 273 g/mol. The Hall–Kier alpha value is -1.79. The summed E-state index contributed by atoms with van der Waals surface area (Å²) in [4.78, 5) is 27.1. The van der Waals surface area contributed by atoms with Crippen LogP contribution in [0.4, 0.5) is 13.2 Å². The molecule has 0 spiro atoms. The van der Waals surface area contributed by atoms with Gasteiger partial charge in [-0.15, -0.1) is 0 Å². The van der Waals surface area contributed by atoms with Gasteiger partial charge < -0.3 is 9.88 Å². The number of nitrogens with one attached hydrogen (secondary N) is 1. The maximum atomic E-state index is 12.7. The Labute approximate surface area is 113 Å². The first-order valence-electron chi connectivity index (χ1n) is 6.34. The zero-order chi connectivity index (χ0) is 14.9. The Balaban J connectivity index is 2.10. The molecule has 20 heavy (non-hydrogen) atoms. The summed E-state index contributed by atoms with van der Waals surface area (Å²) in [6, 6.07) is 1.38. The van der Waals surface area contributed by atoms with Crippen molar-refractivity contribution in [2.24, 2.45) is 5.92 Å². The van der Waals surface area contributed by atoms with Crippen LogP contribution in [0.3, 0.4) is 0 Å². The van der Waals surface area contributed by atoms with Gasteiger partial charge in [0, 0.05) is 24.8 Å². The molecule has 7 heteroatoms. The summed E-state index contributed by atoms with van der Waals surface area (Å²) in [6.07, 6.45) is -2.51. The molecule has 1 N–H and O–H groups in total. The van der Waals surface area contributed by atoms with Crippen LogP contribution in [0.5, 0.6) is 0 Å². The van der Waals surface area contributed by atoms with Gasteiger partial charge in [-0.05, 0) is 25.8 Å². The Morgan fingerprint density at radius 1 is 1.40 bits per heavy atom. The molecule has 4 nitrogen and oxygen atoms in total. The van der Waals surface area contributed by atoms with Crippen molar-refractivity contribution in [3.05, 3.63) is 23.5 Å². The van der Waals surface area contributed by atoms with Gasteiger partial charge >= 0.3 is 6.18 Å². The van der Waals surface area contributed by atoms with E-state index in [4.69, 9.17) is 0 Å². The van der Waals surface area contributed by atoms with Crippen molar-refractivity contribution in [3.8, 4) is 0 Å². The molecule has 1 amide bonds. The fraction of sp³-hybridized carbons (Fsp3) is 0.538. The van der Waals surface area contributed by atoms with E-state index < -0.39 is 18.0 Å². The number of amides is 1. The first kappa shape index (κ1) is 14.6. The highest BCUT2D eigenvalue weighted by molar-refractivity contribution is 5.99. The number of hydrogen-bond acceptors (Lipinski definition) is 2. The van der Waals surface area contributed by atoms with E-state index in [0.29, 0.717) is 18.5 Å². The monoisotopic (exact) mass is 288 g/mol. The fourth-order valence-corrected chi connectivity index (χ4v) is 2.32. The quantitative estimate of drug-likeness (QED) is 0.851. The molecule has 1 aromatic rings. The van der Waals surface area contributed by atoms with E-state index in [2.05, 4.69) is 4.98 Å². The van der Waals surface area contributed by atoms with Crippen LogP contribution in [-0.2, 0) is 0 Å². The highest BCUT2D eigenvalue weighted by Gasteiger charge is 2.42. The van der Waals surface area contributed by atoms with E-state index in [0.717, 1.165) is 0 Å². The molecule has 1 aliphatic rings. The van der Waals surface area contributed by atoms with Crippen LogP contribution in [0.25, 0.3) is 0 Å². The third kappa shape index (κ3) is 3.02. The van der Waals surface area contributed by atoms with Gasteiger partial charge in [0.15, 0.2) is 5.78 Å². The number of halogens is 3. The van der Waals surface area contributed by atoms with Crippen molar-refractivity contribution in [2.45, 2.75) is 25.9 Å². The van der Waals surface area contributed by atoms with E-state index in [1.165, 1.54) is 24.1 Å². The van der Waals surface area contributed by atoms with Crippen LogP contribution in [0.2, 0.25) is 0 Å². The normalized spacial score (nSPS) is 20.0. The zero-order valence-corrected chi connectivity index (χ0v) is 11.0. The molecule has 0 aliphatic carbocycles. The number of Topliss-reactive ketones (excluding diaryl/α,β-unsaturated/α-hetero) is 1. The second-order valence-electron chi connectivity index (χ2n) is 4.99. The van der Waals surface area contributed by atoms with E-state index in [9.17, 15) is 22.8 Å². The number of aromatic amines is 1. The van der Waals surface area contributed by atoms with Gasteiger partial charge in [-0.3, -0.25) is 9.59 Å². The predicted molar refractivity (Wildman–Crippen MR) is 65.5 cm³/mol. The number of hydrogen-bond donors (Lipinski definition) is 1. The number of carbonyl (C=O) groups excluding carboxylic acids is 2. The molecule has 1 saturated heterocycles. The average Bonchev–Trinajstić information content (AvgIpc) is 2.87. The van der Waals surface area contributed by atoms with Crippen LogP contribution in [-0.4, -0.2) is 40.8 Å². The topological polar surface area (TPSA) is 53.2 Å². The standard InChI is InChI=1S/C13H15F3N2O2/c1-8(19)9-5-11(17-6-9)12(20)18-4-2-3-10(7-18)13(14,15)16/h5-6,10,17H,2-4,7H2,1H3/t10-/m1/s1. The van der Waals surface area contributed by atoms with Crippen LogP contribution >= 0.6 is 0 Å². The van der Waals surface area contributed by atoms with E-state index in [1.54, 1.807) is 0 Å². The Bertz CT molecular complexity index is 522. The highest BCUT2D eigenvalue weighted by Crippen LogP contribution is 2.33. The van der Waals surface area contributed by atoms with Gasteiger partial charge in [-0.1, -0.05) is 0 Å². The van der Waals surface area contributed by atoms with Crippen LogP contribution in [0, 0.1) is 5.92 Å². The first-order chi connectivity index (χ1) is 9.29. The Morgan fingerprint density at radius 3 is 2.65 bits per heavy atom. The number of alkyl halides is 3. The van der Waals surface area contributed by atoms with Crippen LogP contribution < -0.4 is 0 Å². The van der Waals surface area contributed by atoms with Crippen molar-refractivity contribution in [2.75, 3.05) is 13.1 Å². The summed E-state index contributed by atoms with van der Waals surface area (Å²) in [7, 11) is 0. The molecule has 2 rings (SSSR count). The number of ketones is 1. The minimum absolute atomic E-state index is 0.0523. The van der Waals surface area contributed by atoms with E-state index in [1.807, 2.05) is 0 Å². The maximum Gasteiger partial charge on any atom is 0.393 e. The van der Waals surface area contributed by atoms with E-state index >= 15 is 0 Å². The molecule has 1 atom stereocenters. The summed E-state index contributed by atoms with van der Waals surface area (Å²) >= 11 is 0. The molecule has 110 valence electrons. The van der Waals surface area contributed by atoms with Gasteiger partial charge in [-0.2, -0.15) is 13.2 Å². The highest BCUT2D eigenvalue weighted by atomic mass is 19.4. The molecule has 1 fully saturated rings. The SMILES string of the molecule is CC(=O)c1c[nH]c(C(=O)N2CCC[C@@H](C(F)(F)F)C2)c1. The Kier molecular flexibility index (Phi) is 3.87. The lowest BCUT2D eigenvalue weighted by molar-refractivity contribution is -0.184. The van der Waals surface area contributed by atoms with Gasteiger partial charge in [0.25, 0.3) is 5.91 Å². The number of aromatic nitrogens is 1. The third-order valence-corrected chi connectivity index (χ3v) is 3.49. The number of piperidine rings is 1. The molecule has 0 bridgehead atoms. The third-order valence-electron chi connectivity index (χ3n) is 3.49. The van der Waals surface area contributed by atoms with Crippen molar-refractivity contribution in [3.63, 3.8) is 0 Å². The van der Waals surface area contributed by atoms with Crippen molar-refractivity contribution in [1.29, 1.82) is 0 Å². The molecule has 0 radical (unpaired) electrons. The lowest BCUT2D eigenvalue weighted by atomic mass is 9.97. The number of H-pyrrole nitrogens is 1. The first-order valence-corrected chi connectivity index (χ1v) is 6.34. The largest absolute Gasteiger partial charge is 0.393 e. The molecular formula is C13H15F3N2O2. The number of likely N-dealkylation sites (tertiary alicyclic amines) is 1. The summed E-state index contributed by atoms with van der Waals surface area (Å²) in [5, 5.41) is 0. The minimum Gasteiger partial charge on any atom is -0.356 e. The smallest absolute Gasteiger partial charge is 0.356 e. The predicted octanol–water partition coefficient (Wildman–Crippen LogP) is 2.63. The number of rotatable bonds is 2. The zero-order valence-electron chi connectivity index (χ0n) is 11.0. The van der Waals surface area contributed by atoms with Gasteiger partial charge in [0.2, 0.25) is 0 Å². The second kappa shape index (κ2) is 5.30. The molecule has 2 heterocycles. The summed E-state index contributed by atoms with van der Waals surface area (Å²) in [5.74, 6) is -2.17. The average molecular weight is 288 g/mol. The lowest BCUT2D eigenvalue weighted by Crippen LogP contribution is -2.44. The van der Waals surface area contributed by atoms with Crippen molar-refractivity contribution < 1.29 is 22.8 Å². The van der Waals surface area contributed by atoms with Crippen LogP contribution in [0.15, 0.2) is 12.3 Å². The second-order valence-corrected chi connectivity index (χ2v) is 4.99. The molecule has 1 aromatic heterocycles. The van der Waals surface area contributed by atoms with Crippen LogP contribution in [0.1, 0.15) is 40.6 Å². The molecule has 0 saturated carbocycles. The van der Waals surface area contributed by atoms with Gasteiger partial charge in [-0.25, -0.2) is 0 Å². The maximum absolute atomic E-state index is 12.7. The number of nitrogens with zero attached hydrogens (tertiary/aromatic N) is 1. The Morgan fingerprint density at radius 2 is 2.10 bits per heavy atom. The van der Waals surface area contributed by atoms with Crippen molar-refractivity contribution in [1.82, 2.24) is 9.88 Å². The molecule has 1 aliphatic heterocycles. The molecule has 0 unspecified atom stereocenters. The van der Waals surface area contributed by atoms with E-state index in [-0.39, 0.29) is 24.4 Å².